The highest BCUT2D eigenvalue weighted by Crippen LogP contribution is 2.14. The average molecular weight is 150 g/mol. The van der Waals surface area contributed by atoms with Crippen LogP contribution in [0.25, 0.3) is 0 Å². The molecule has 2 heterocycles. The van der Waals surface area contributed by atoms with Crippen LogP contribution in [0.15, 0.2) is 17.3 Å². The molecule has 2 nitrogen and oxygen atoms in total. The molecule has 11 heavy (non-hydrogen) atoms. The average Bonchev–Trinajstić information content (AvgIpc) is 2.28. The molecule has 0 saturated carbocycles. The Balaban J connectivity index is 2.11. The van der Waals surface area contributed by atoms with Crippen LogP contribution in [0.1, 0.15) is 25.7 Å². The molecule has 0 aromatic rings. The Morgan fingerprint density at radius 3 is 3.27 bits per heavy atom. The quantitative estimate of drug-likeness (QED) is 0.514. The summed E-state index contributed by atoms with van der Waals surface area (Å²) in [7, 11) is 0. The van der Waals surface area contributed by atoms with Crippen LogP contribution < -0.4 is 0 Å². The zero-order valence-corrected chi connectivity index (χ0v) is 6.79. The summed E-state index contributed by atoms with van der Waals surface area (Å²) < 4.78 is 0. The fourth-order valence-electron chi connectivity index (χ4n) is 1.71. The van der Waals surface area contributed by atoms with Crippen molar-refractivity contribution in [3.63, 3.8) is 0 Å². The fourth-order valence-corrected chi connectivity index (χ4v) is 1.71. The van der Waals surface area contributed by atoms with E-state index in [9.17, 15) is 0 Å². The maximum Gasteiger partial charge on any atom is 0.104 e. The third kappa shape index (κ3) is 1.44. The Labute approximate surface area is 67.6 Å². The summed E-state index contributed by atoms with van der Waals surface area (Å²) in [6.45, 7) is 2.29. The predicted octanol–water partition coefficient (Wildman–Crippen LogP) is 1.79. The molecule has 2 aliphatic rings. The highest BCUT2D eigenvalue weighted by Gasteiger charge is 2.14. The minimum absolute atomic E-state index is 1.08. The Hall–Kier alpha value is -0.790. The van der Waals surface area contributed by atoms with Crippen molar-refractivity contribution in [3.8, 4) is 0 Å². The van der Waals surface area contributed by atoms with Crippen LogP contribution in [0, 0.1) is 0 Å². The molecule has 0 aliphatic carbocycles. The second kappa shape index (κ2) is 3.07. The minimum Gasteiger partial charge on any atom is -0.356 e. The van der Waals surface area contributed by atoms with Gasteiger partial charge < -0.3 is 4.90 Å². The highest BCUT2D eigenvalue weighted by atomic mass is 15.2. The van der Waals surface area contributed by atoms with Gasteiger partial charge in [-0.15, -0.1) is 0 Å². The molecule has 2 aliphatic heterocycles. The minimum atomic E-state index is 1.08. The molecule has 0 atom stereocenters. The predicted molar refractivity (Wildman–Crippen MR) is 46.6 cm³/mol. The number of aliphatic imine (C=N–C) groups is 1. The normalized spacial score (nSPS) is 24.0. The van der Waals surface area contributed by atoms with E-state index in [1.54, 1.807) is 0 Å². The van der Waals surface area contributed by atoms with Crippen molar-refractivity contribution in [1.29, 1.82) is 0 Å². The molecular weight excluding hydrogens is 136 g/mol. The van der Waals surface area contributed by atoms with Crippen LogP contribution in [0.2, 0.25) is 0 Å². The first-order valence-corrected chi connectivity index (χ1v) is 4.43. The van der Waals surface area contributed by atoms with Gasteiger partial charge >= 0.3 is 0 Å². The van der Waals surface area contributed by atoms with E-state index in [4.69, 9.17) is 0 Å². The third-order valence-electron chi connectivity index (χ3n) is 2.35. The Morgan fingerprint density at radius 2 is 2.27 bits per heavy atom. The summed E-state index contributed by atoms with van der Waals surface area (Å²) in [4.78, 5) is 6.77. The topological polar surface area (TPSA) is 15.6 Å². The second-order valence-corrected chi connectivity index (χ2v) is 3.19. The SMILES string of the molecule is C1=CN=C2CCCCCN2C1. The zero-order valence-electron chi connectivity index (χ0n) is 6.79. The first-order chi connectivity index (χ1) is 5.47. The molecule has 0 bridgehead atoms. The number of nitrogens with zero attached hydrogens (tertiary/aromatic N) is 2. The molecule has 0 unspecified atom stereocenters. The van der Waals surface area contributed by atoms with Crippen LogP contribution in [0.5, 0.6) is 0 Å². The summed E-state index contributed by atoms with van der Waals surface area (Å²) in [5, 5.41) is 0. The van der Waals surface area contributed by atoms with Crippen LogP contribution in [-0.2, 0) is 0 Å². The van der Waals surface area contributed by atoms with Crippen LogP contribution in [-0.4, -0.2) is 23.8 Å². The number of hydrogen-bond donors (Lipinski definition) is 0. The third-order valence-corrected chi connectivity index (χ3v) is 2.35. The van der Waals surface area contributed by atoms with Crippen molar-refractivity contribution in [2.24, 2.45) is 4.99 Å². The van der Waals surface area contributed by atoms with Gasteiger partial charge in [-0.05, 0) is 18.9 Å². The molecule has 2 rings (SSSR count). The van der Waals surface area contributed by atoms with Gasteiger partial charge in [0.25, 0.3) is 0 Å². The first kappa shape index (κ1) is 6.89. The van der Waals surface area contributed by atoms with Crippen molar-refractivity contribution in [3.05, 3.63) is 12.3 Å². The fraction of sp³-hybridized carbons (Fsp3) is 0.667. The standard InChI is InChI=1S/C9H14N2/c1-2-5-9-10-6-4-8-11(9)7-3-1/h4,6H,1-3,5,7-8H2. The van der Waals surface area contributed by atoms with E-state index in [-0.39, 0.29) is 0 Å². The van der Waals surface area contributed by atoms with E-state index >= 15 is 0 Å². The smallest absolute Gasteiger partial charge is 0.104 e. The molecule has 0 aromatic heterocycles. The molecule has 0 radical (unpaired) electrons. The van der Waals surface area contributed by atoms with E-state index in [1.165, 1.54) is 38.1 Å². The van der Waals surface area contributed by atoms with E-state index in [0.29, 0.717) is 0 Å². The first-order valence-electron chi connectivity index (χ1n) is 4.43. The van der Waals surface area contributed by atoms with Gasteiger partial charge in [0.05, 0.1) is 0 Å². The van der Waals surface area contributed by atoms with Gasteiger partial charge in [-0.25, -0.2) is 4.99 Å². The van der Waals surface area contributed by atoms with Gasteiger partial charge in [-0.1, -0.05) is 6.42 Å². The Kier molecular flexibility index (Phi) is 1.93. The zero-order chi connectivity index (χ0) is 7.52. The molecule has 0 aromatic carbocycles. The van der Waals surface area contributed by atoms with E-state index in [2.05, 4.69) is 16.0 Å². The van der Waals surface area contributed by atoms with E-state index in [1.807, 2.05) is 6.20 Å². The lowest BCUT2D eigenvalue weighted by atomic mass is 10.2. The van der Waals surface area contributed by atoms with Crippen molar-refractivity contribution in [2.45, 2.75) is 25.7 Å². The van der Waals surface area contributed by atoms with Crippen LogP contribution in [0.4, 0.5) is 0 Å². The largest absolute Gasteiger partial charge is 0.356 e. The number of rotatable bonds is 0. The van der Waals surface area contributed by atoms with Gasteiger partial charge in [0.15, 0.2) is 0 Å². The van der Waals surface area contributed by atoms with Crippen LogP contribution in [0.3, 0.4) is 0 Å². The van der Waals surface area contributed by atoms with Gasteiger partial charge in [0.1, 0.15) is 5.84 Å². The lowest BCUT2D eigenvalue weighted by Gasteiger charge is -2.24. The molecule has 1 saturated heterocycles. The summed E-state index contributed by atoms with van der Waals surface area (Å²) in [6, 6.07) is 0. The summed E-state index contributed by atoms with van der Waals surface area (Å²) >= 11 is 0. The van der Waals surface area contributed by atoms with Gasteiger partial charge in [-0.3, -0.25) is 0 Å². The highest BCUT2D eigenvalue weighted by molar-refractivity contribution is 5.83. The Bertz CT molecular complexity index is 194. The summed E-state index contributed by atoms with van der Waals surface area (Å²) in [6.07, 6.45) is 9.29. The second-order valence-electron chi connectivity index (χ2n) is 3.19. The lowest BCUT2D eigenvalue weighted by molar-refractivity contribution is 0.450. The number of hydrogen-bond acceptors (Lipinski definition) is 2. The van der Waals surface area contributed by atoms with E-state index < -0.39 is 0 Å². The van der Waals surface area contributed by atoms with Crippen molar-refractivity contribution in [1.82, 2.24) is 4.90 Å². The van der Waals surface area contributed by atoms with Gasteiger partial charge in [0.2, 0.25) is 0 Å². The van der Waals surface area contributed by atoms with Crippen molar-refractivity contribution >= 4 is 5.84 Å². The molecule has 1 fully saturated rings. The molecule has 0 amide bonds. The van der Waals surface area contributed by atoms with Crippen LogP contribution >= 0.6 is 0 Å². The lowest BCUT2D eigenvalue weighted by Crippen LogP contribution is -2.31. The molecule has 0 N–H and O–H groups in total. The Morgan fingerprint density at radius 1 is 1.27 bits per heavy atom. The maximum absolute atomic E-state index is 4.37. The van der Waals surface area contributed by atoms with Crippen molar-refractivity contribution < 1.29 is 0 Å². The summed E-state index contributed by atoms with van der Waals surface area (Å²) in [5.41, 5.74) is 0. The van der Waals surface area contributed by atoms with E-state index in [0.717, 1.165) is 6.54 Å². The summed E-state index contributed by atoms with van der Waals surface area (Å²) in [5.74, 6) is 1.31. The number of amidine groups is 1. The monoisotopic (exact) mass is 150 g/mol. The molecule has 2 heteroatoms. The molecular formula is C9H14N2. The maximum atomic E-state index is 4.37. The van der Waals surface area contributed by atoms with Gasteiger partial charge in [-0.2, -0.15) is 0 Å². The van der Waals surface area contributed by atoms with Gasteiger partial charge in [0, 0.05) is 25.7 Å². The molecule has 0 spiro atoms. The molecule has 60 valence electrons. The number of fused-ring (bicyclic) bond motifs is 1. The van der Waals surface area contributed by atoms with Crippen molar-refractivity contribution in [2.75, 3.05) is 13.1 Å².